The van der Waals surface area contributed by atoms with Gasteiger partial charge in [-0.1, -0.05) is 25.5 Å². The predicted octanol–water partition coefficient (Wildman–Crippen LogP) is 2.68. The molecule has 39 heavy (non-hydrogen) atoms. The minimum atomic E-state index is -0.854. The van der Waals surface area contributed by atoms with E-state index in [4.69, 9.17) is 4.74 Å². The van der Waals surface area contributed by atoms with Crippen LogP contribution in [0, 0.1) is 5.92 Å². The number of fused-ring (bicyclic) bond motifs is 1. The molecule has 3 rings (SSSR count). The fourth-order valence-corrected chi connectivity index (χ4v) is 5.83. The van der Waals surface area contributed by atoms with Crippen LogP contribution in [0.1, 0.15) is 56.6 Å². The molecule has 1 N–H and O–H groups in total. The van der Waals surface area contributed by atoms with Crippen LogP contribution in [0.3, 0.4) is 0 Å². The average Bonchev–Trinajstić information content (AvgIpc) is 3.47. The van der Waals surface area contributed by atoms with Gasteiger partial charge in [-0.15, -0.1) is 0 Å². The van der Waals surface area contributed by atoms with Crippen LogP contribution in [0.15, 0.2) is 18.2 Å². The number of likely N-dealkylation sites (tertiary alicyclic amines) is 1. The summed E-state index contributed by atoms with van der Waals surface area (Å²) in [7, 11) is 8.20. The van der Waals surface area contributed by atoms with Crippen molar-refractivity contribution in [1.82, 2.24) is 14.7 Å². The van der Waals surface area contributed by atoms with Crippen LogP contribution < -0.4 is 4.74 Å². The highest BCUT2D eigenvalue weighted by molar-refractivity contribution is 5.79. The SMILES string of the molecule is CCCCN(CCC[N+](C)(C)C)C(=O)CN1C[C@H](c2ccc3c(c2)CCO3)[C@@H](C(=O)O)[C@@H]1CCN(C)C(C)=O. The lowest BCUT2D eigenvalue weighted by atomic mass is 9.83. The van der Waals surface area contributed by atoms with Crippen LogP contribution in [0.25, 0.3) is 0 Å². The first-order chi connectivity index (χ1) is 18.4. The molecule has 2 heterocycles. The van der Waals surface area contributed by atoms with E-state index in [2.05, 4.69) is 39.0 Å². The number of nitrogens with zero attached hydrogens (tertiary/aromatic N) is 4. The molecule has 2 amide bonds. The number of carboxylic acids is 1. The molecule has 218 valence electrons. The Balaban J connectivity index is 1.84. The van der Waals surface area contributed by atoms with Crippen molar-refractivity contribution in [1.29, 1.82) is 0 Å². The topological polar surface area (TPSA) is 90.4 Å². The number of carboxylic acid groups (broad SMARTS) is 1. The molecule has 2 aliphatic heterocycles. The van der Waals surface area contributed by atoms with Crippen molar-refractivity contribution in [3.05, 3.63) is 29.3 Å². The number of quaternary nitrogens is 1. The first kappa shape index (κ1) is 30.9. The molecule has 1 aromatic rings. The molecule has 9 heteroatoms. The molecule has 3 atom stereocenters. The molecular formula is C30H49N4O5+. The number of benzene rings is 1. The van der Waals surface area contributed by atoms with Crippen LogP contribution >= 0.6 is 0 Å². The highest BCUT2D eigenvalue weighted by atomic mass is 16.5. The van der Waals surface area contributed by atoms with E-state index < -0.39 is 11.9 Å². The lowest BCUT2D eigenvalue weighted by Crippen LogP contribution is -2.46. The summed E-state index contributed by atoms with van der Waals surface area (Å²) in [6.45, 7) is 7.82. The van der Waals surface area contributed by atoms with Gasteiger partial charge in [0.05, 0.1) is 46.8 Å². The summed E-state index contributed by atoms with van der Waals surface area (Å²) in [5.74, 6) is -0.886. The highest BCUT2D eigenvalue weighted by Gasteiger charge is 2.47. The molecule has 0 aliphatic carbocycles. The van der Waals surface area contributed by atoms with Crippen LogP contribution in [0.4, 0.5) is 0 Å². The van der Waals surface area contributed by atoms with E-state index >= 15 is 0 Å². The molecule has 0 aromatic heterocycles. The predicted molar refractivity (Wildman–Crippen MR) is 152 cm³/mol. The second-order valence-electron chi connectivity index (χ2n) is 12.3. The van der Waals surface area contributed by atoms with Gasteiger partial charge < -0.3 is 24.1 Å². The number of aliphatic carboxylic acids is 1. The van der Waals surface area contributed by atoms with Crippen molar-refractivity contribution in [3.63, 3.8) is 0 Å². The zero-order valence-electron chi connectivity index (χ0n) is 24.8. The number of carbonyl (C=O) groups excluding carboxylic acids is 2. The summed E-state index contributed by atoms with van der Waals surface area (Å²) in [4.78, 5) is 44.0. The van der Waals surface area contributed by atoms with Crippen molar-refractivity contribution in [3.8, 4) is 5.75 Å². The van der Waals surface area contributed by atoms with Crippen molar-refractivity contribution in [2.75, 3.05) is 74.1 Å². The first-order valence-corrected chi connectivity index (χ1v) is 14.4. The molecule has 0 saturated carbocycles. The zero-order valence-corrected chi connectivity index (χ0v) is 24.8. The number of ether oxygens (including phenoxy) is 1. The van der Waals surface area contributed by atoms with E-state index in [0.29, 0.717) is 39.2 Å². The van der Waals surface area contributed by atoms with E-state index in [1.54, 1.807) is 11.9 Å². The van der Waals surface area contributed by atoms with Gasteiger partial charge in [0.1, 0.15) is 5.75 Å². The summed E-state index contributed by atoms with van der Waals surface area (Å²) in [5, 5.41) is 10.4. The normalized spacial score (nSPS) is 20.9. The van der Waals surface area contributed by atoms with E-state index in [1.807, 2.05) is 17.0 Å². The minimum absolute atomic E-state index is 0.0549. The smallest absolute Gasteiger partial charge is 0.308 e. The lowest BCUT2D eigenvalue weighted by Gasteiger charge is -2.31. The van der Waals surface area contributed by atoms with Gasteiger partial charge in [-0.2, -0.15) is 0 Å². The Morgan fingerprint density at radius 1 is 1.13 bits per heavy atom. The van der Waals surface area contributed by atoms with Crippen LogP contribution in [-0.4, -0.2) is 122 Å². The third kappa shape index (κ3) is 8.42. The number of unbranched alkanes of at least 4 members (excludes halogenated alkanes) is 1. The van der Waals surface area contributed by atoms with Gasteiger partial charge in [0.25, 0.3) is 0 Å². The van der Waals surface area contributed by atoms with E-state index in [-0.39, 0.29) is 30.3 Å². The molecule has 1 saturated heterocycles. The second kappa shape index (κ2) is 13.6. The molecule has 1 fully saturated rings. The molecular weight excluding hydrogens is 496 g/mol. The van der Waals surface area contributed by atoms with Gasteiger partial charge in [-0.3, -0.25) is 19.3 Å². The number of amides is 2. The standard InChI is InChI=1S/C30H48N4O5/c1-7-8-14-32(15-9-17-34(4,5)6)28(36)21-33-20-25(23-10-11-27-24(19-23)13-18-39-27)29(30(37)38)26(33)12-16-31(3)22(2)35/h10-11,19,25-26,29H,7-9,12-18,20-21H2,1-6H3/p+1/t25-,26+,29-/m1/s1. The number of hydrogen-bond donors (Lipinski definition) is 1. The number of rotatable bonds is 14. The fourth-order valence-electron chi connectivity index (χ4n) is 5.83. The van der Waals surface area contributed by atoms with Crippen molar-refractivity contribution in [2.24, 2.45) is 5.92 Å². The van der Waals surface area contributed by atoms with Crippen LogP contribution in [0.5, 0.6) is 5.75 Å². The quantitative estimate of drug-likeness (QED) is 0.362. The van der Waals surface area contributed by atoms with E-state index in [1.165, 1.54) is 6.92 Å². The molecule has 1 aromatic carbocycles. The Morgan fingerprint density at radius 2 is 1.85 bits per heavy atom. The number of carbonyl (C=O) groups is 3. The maximum Gasteiger partial charge on any atom is 0.308 e. The van der Waals surface area contributed by atoms with Crippen molar-refractivity contribution in [2.45, 2.75) is 57.9 Å². The lowest BCUT2D eigenvalue weighted by molar-refractivity contribution is -0.870. The Bertz CT molecular complexity index is 1010. The van der Waals surface area contributed by atoms with E-state index in [0.717, 1.165) is 53.6 Å². The third-order valence-electron chi connectivity index (χ3n) is 8.20. The molecule has 0 unspecified atom stereocenters. The third-order valence-corrected chi connectivity index (χ3v) is 8.20. The summed E-state index contributed by atoms with van der Waals surface area (Å²) >= 11 is 0. The van der Waals surface area contributed by atoms with Crippen molar-refractivity contribution < 1.29 is 28.7 Å². The van der Waals surface area contributed by atoms with Gasteiger partial charge in [0, 0.05) is 65.0 Å². The second-order valence-corrected chi connectivity index (χ2v) is 12.3. The Morgan fingerprint density at radius 3 is 2.49 bits per heavy atom. The van der Waals surface area contributed by atoms with Gasteiger partial charge in [0.2, 0.25) is 11.8 Å². The largest absolute Gasteiger partial charge is 0.493 e. The maximum atomic E-state index is 13.7. The average molecular weight is 546 g/mol. The monoisotopic (exact) mass is 545 g/mol. The van der Waals surface area contributed by atoms with Crippen LogP contribution in [0.2, 0.25) is 0 Å². The summed E-state index contributed by atoms with van der Waals surface area (Å²) in [5.41, 5.74) is 2.10. The van der Waals surface area contributed by atoms with Crippen molar-refractivity contribution >= 4 is 17.8 Å². The Kier molecular flexibility index (Phi) is 10.8. The van der Waals surface area contributed by atoms with Gasteiger partial charge in [0.15, 0.2) is 0 Å². The summed E-state index contributed by atoms with van der Waals surface area (Å²) in [6.07, 6.45) is 4.20. The zero-order chi connectivity index (χ0) is 28.7. The highest BCUT2D eigenvalue weighted by Crippen LogP contribution is 2.41. The van der Waals surface area contributed by atoms with Gasteiger partial charge >= 0.3 is 5.97 Å². The fraction of sp³-hybridized carbons (Fsp3) is 0.700. The van der Waals surface area contributed by atoms with Gasteiger partial charge in [-0.25, -0.2) is 0 Å². The minimum Gasteiger partial charge on any atom is -0.493 e. The first-order valence-electron chi connectivity index (χ1n) is 14.4. The summed E-state index contributed by atoms with van der Waals surface area (Å²) in [6, 6.07) is 5.67. The molecule has 0 radical (unpaired) electrons. The van der Waals surface area contributed by atoms with E-state index in [9.17, 15) is 19.5 Å². The maximum absolute atomic E-state index is 13.7. The molecule has 9 nitrogen and oxygen atoms in total. The Hall–Kier alpha value is -2.65. The van der Waals surface area contributed by atoms with Crippen LogP contribution in [-0.2, 0) is 20.8 Å². The molecule has 0 bridgehead atoms. The summed E-state index contributed by atoms with van der Waals surface area (Å²) < 4.78 is 6.52. The Labute approximate surface area is 234 Å². The molecule has 0 spiro atoms. The van der Waals surface area contributed by atoms with Gasteiger partial charge in [-0.05, 0) is 30.0 Å². The molecule has 2 aliphatic rings. The number of hydrogen-bond acceptors (Lipinski definition) is 5.